The fourth-order valence-electron chi connectivity index (χ4n) is 13.8. The van der Waals surface area contributed by atoms with Crippen molar-refractivity contribution in [2.75, 3.05) is 52.3 Å². The molecule has 18 rings (SSSR count). The molecule has 11 aromatic rings. The van der Waals surface area contributed by atoms with Crippen molar-refractivity contribution in [3.05, 3.63) is 323 Å². The number of amides is 9. The molecule has 7 saturated heterocycles. The molecule has 28 nitrogen and oxygen atoms in total. The predicted molar refractivity (Wildman–Crippen MR) is 482 cm³/mol. The maximum absolute atomic E-state index is 13.0. The van der Waals surface area contributed by atoms with Gasteiger partial charge in [0.25, 0.3) is 47.2 Å². The van der Waals surface area contributed by atoms with E-state index in [-0.39, 0.29) is 65.8 Å². The minimum absolute atomic E-state index is 0.00649. The summed E-state index contributed by atoms with van der Waals surface area (Å²) in [6.45, 7) is 4.44. The van der Waals surface area contributed by atoms with Gasteiger partial charge in [-0.1, -0.05) is 212 Å². The molecule has 7 aliphatic heterocycles. The molecule has 0 bridgehead atoms. The summed E-state index contributed by atoms with van der Waals surface area (Å²) in [5.41, 5.74) is 7.49. The van der Waals surface area contributed by atoms with E-state index < -0.39 is 54.5 Å². The Kier molecular flexibility index (Phi) is 34.9. The Bertz CT molecular complexity index is 5280. The first-order valence-corrected chi connectivity index (χ1v) is 42.8. The summed E-state index contributed by atoms with van der Waals surface area (Å²) in [5.74, 6) is -0.527. The summed E-state index contributed by atoms with van der Waals surface area (Å²) in [7, 11) is 0. The van der Waals surface area contributed by atoms with Gasteiger partial charge in [0.15, 0.2) is 17.6 Å². The molecular formula is C98H98IN9O19. The standard InChI is InChI=1S/C29H26N2O4.C19H17NO3.2C15H16N2O4.C10H11NO2.C6H5I.C4H7NO2/c32-29-26(18-19-31(29)24-14-8-3-9-15-24)35-25-16-17-27(33-20-22-10-4-1-5-11-22)30-28(25)34-21-23-12-6-2-7-13-23;21-17-11-12-18(22-13-15-7-3-1-4-8-15)20-19(17)23-14-16-9-5-2-6-10-16;2*18-13-7-6-11(14(19)16-13)21-12-8-9-17(15(12)20)10-4-2-1-3-5-10;12-9-6-7-11(10(9)13)8-4-2-1-3-5-8;7-6-4-2-1-3-5-6;6-3-1-2-5-4(3)7/h1-17,26H,18-21H2;1-12,21H,13-14H2;2*1-5,11-12H,6-9H2,(H,16,18,19);1-5,9,12H,6-7H2;1-5H;3,6H,1-2H2,(H,5,7)/t;;11-,12+;11-,12-;;;/m..10.../s1. The summed E-state index contributed by atoms with van der Waals surface area (Å²) in [6.07, 6.45) is -0.865. The fraction of sp³-hybridized carbons (Fsp3) is 0.255. The maximum atomic E-state index is 13.0. The Balaban J connectivity index is 0.000000142. The summed E-state index contributed by atoms with van der Waals surface area (Å²) in [6, 6.07) is 93.9. The molecule has 7 aliphatic rings. The molecule has 0 saturated carbocycles. The number of aliphatic hydroxyl groups excluding tert-OH is 2. The van der Waals surface area contributed by atoms with Gasteiger partial charge in [-0.15, -0.1) is 0 Å². The van der Waals surface area contributed by atoms with Crippen LogP contribution in [-0.2, 0) is 79.1 Å². The summed E-state index contributed by atoms with van der Waals surface area (Å²) in [5, 5.41) is 34.6. The highest BCUT2D eigenvalue weighted by molar-refractivity contribution is 14.1. The smallest absolute Gasteiger partial charge is 0.268 e. The minimum Gasteiger partial charge on any atom is -0.503 e. The quantitative estimate of drug-likeness (QED) is 0.0271. The average Bonchev–Trinajstić information content (AvgIpc) is 1.71. The van der Waals surface area contributed by atoms with Crippen molar-refractivity contribution >= 4 is 98.5 Å². The van der Waals surface area contributed by atoms with Crippen LogP contribution in [0.5, 0.6) is 35.0 Å². The highest BCUT2D eigenvalue weighted by Crippen LogP contribution is 2.35. The van der Waals surface area contributed by atoms with Gasteiger partial charge >= 0.3 is 0 Å². The van der Waals surface area contributed by atoms with Gasteiger partial charge in [-0.3, -0.25) is 53.8 Å². The van der Waals surface area contributed by atoms with E-state index in [0.29, 0.717) is 127 Å². The van der Waals surface area contributed by atoms with Crippen molar-refractivity contribution in [2.45, 2.75) is 127 Å². The second kappa shape index (κ2) is 48.0. The molecule has 0 radical (unpaired) electrons. The molecule has 0 aliphatic carbocycles. The Labute approximate surface area is 748 Å². The molecule has 7 fully saturated rings. The highest BCUT2D eigenvalue weighted by Gasteiger charge is 2.41. The lowest BCUT2D eigenvalue weighted by molar-refractivity contribution is -0.151. The van der Waals surface area contributed by atoms with Crippen LogP contribution >= 0.6 is 22.6 Å². The molecule has 127 heavy (non-hydrogen) atoms. The van der Waals surface area contributed by atoms with E-state index in [1.165, 1.54) is 9.64 Å². The number of ether oxygens (including phenoxy) is 7. The van der Waals surface area contributed by atoms with Crippen molar-refractivity contribution in [3.8, 4) is 35.0 Å². The second-order valence-corrected chi connectivity index (χ2v) is 30.9. The van der Waals surface area contributed by atoms with E-state index >= 15 is 0 Å². The number of rotatable bonds is 22. The van der Waals surface area contributed by atoms with E-state index in [9.17, 15) is 53.4 Å². The predicted octanol–water partition coefficient (Wildman–Crippen LogP) is 12.5. The first-order valence-electron chi connectivity index (χ1n) is 41.7. The van der Waals surface area contributed by atoms with Crippen LogP contribution in [0.1, 0.15) is 80.0 Å². The van der Waals surface area contributed by atoms with E-state index in [2.05, 4.69) is 60.6 Å². The number of carbonyl (C=O) groups excluding carboxylic acids is 9. The van der Waals surface area contributed by atoms with Crippen molar-refractivity contribution < 1.29 is 91.6 Å². The Morgan fingerprint density at radius 2 is 0.661 bits per heavy atom. The summed E-state index contributed by atoms with van der Waals surface area (Å²) in [4.78, 5) is 120. The number of para-hydroxylation sites is 4. The molecule has 29 heteroatoms. The number of hydrogen-bond donors (Lipinski definition) is 6. The Morgan fingerprint density at radius 3 is 1.00 bits per heavy atom. The van der Waals surface area contributed by atoms with Crippen LogP contribution in [0.25, 0.3) is 0 Å². The zero-order valence-electron chi connectivity index (χ0n) is 69.5. The third-order valence-corrected chi connectivity index (χ3v) is 21.2. The lowest BCUT2D eigenvalue weighted by atomic mass is 10.1. The number of aromatic nitrogens is 2. The molecule has 0 spiro atoms. The van der Waals surface area contributed by atoms with Gasteiger partial charge in [0.1, 0.15) is 63.1 Å². The molecule has 656 valence electrons. The molecule has 9 amide bonds. The van der Waals surface area contributed by atoms with Gasteiger partial charge in [-0.05, 0) is 137 Å². The molecule has 3 unspecified atom stereocenters. The number of aromatic hydroxyl groups is 1. The molecule has 9 aromatic carbocycles. The molecule has 7 atom stereocenters. The first-order chi connectivity index (χ1) is 61.9. The van der Waals surface area contributed by atoms with Crippen LogP contribution in [-0.4, -0.2) is 154 Å². The van der Waals surface area contributed by atoms with Crippen LogP contribution in [0.2, 0.25) is 0 Å². The summed E-state index contributed by atoms with van der Waals surface area (Å²) >= 11 is 2.28. The number of imide groups is 2. The van der Waals surface area contributed by atoms with Crippen LogP contribution in [0.3, 0.4) is 0 Å². The average molecular weight is 1830 g/mol. The maximum Gasteiger partial charge on any atom is 0.268 e. The number of piperidine rings is 2. The number of benzene rings is 9. The van der Waals surface area contributed by atoms with Crippen molar-refractivity contribution in [1.29, 1.82) is 0 Å². The number of hydrogen-bond acceptors (Lipinski definition) is 21. The van der Waals surface area contributed by atoms with Crippen molar-refractivity contribution in [2.24, 2.45) is 0 Å². The Hall–Kier alpha value is -13.7. The van der Waals surface area contributed by atoms with E-state index in [4.69, 9.17) is 38.3 Å². The van der Waals surface area contributed by atoms with Gasteiger partial charge in [0.05, 0.1) is 0 Å². The number of nitrogens with one attached hydrogen (secondary N) is 3. The number of pyridine rings is 2. The van der Waals surface area contributed by atoms with Gasteiger partial charge in [0, 0.05) is 110 Å². The van der Waals surface area contributed by atoms with Gasteiger partial charge < -0.3 is 73.4 Å². The number of carbonyl (C=O) groups is 9. The normalized spacial score (nSPS) is 19.1. The summed E-state index contributed by atoms with van der Waals surface area (Å²) < 4.78 is 41.8. The van der Waals surface area contributed by atoms with Crippen molar-refractivity contribution in [1.82, 2.24) is 25.9 Å². The van der Waals surface area contributed by atoms with E-state index in [0.717, 1.165) is 45.0 Å². The zero-order chi connectivity index (χ0) is 89.1. The third-order valence-electron chi connectivity index (χ3n) is 20.5. The zero-order valence-corrected chi connectivity index (χ0v) is 71.7. The van der Waals surface area contributed by atoms with Gasteiger partial charge in [-0.25, -0.2) is 0 Å². The minimum atomic E-state index is -0.805. The Morgan fingerprint density at radius 1 is 0.331 bits per heavy atom. The fourth-order valence-corrected chi connectivity index (χ4v) is 14.2. The van der Waals surface area contributed by atoms with Gasteiger partial charge in [-0.2, -0.15) is 9.97 Å². The first kappa shape index (κ1) is 92.5. The molecule has 2 aromatic heterocycles. The lowest BCUT2D eigenvalue weighted by Gasteiger charge is -2.24. The largest absolute Gasteiger partial charge is 0.503 e. The molecule has 6 N–H and O–H groups in total. The molecule has 9 heterocycles. The van der Waals surface area contributed by atoms with Crippen LogP contribution in [0, 0.1) is 3.57 Å². The number of anilines is 4. The third kappa shape index (κ3) is 28.1. The topological polar surface area (TPSA) is 354 Å². The van der Waals surface area contributed by atoms with Crippen LogP contribution in [0.15, 0.2) is 297 Å². The van der Waals surface area contributed by atoms with E-state index in [1.54, 1.807) is 37.8 Å². The van der Waals surface area contributed by atoms with Gasteiger partial charge in [0.2, 0.25) is 29.5 Å². The SMILES string of the molecule is Ic1ccccc1.O=C1C(O)CCN1c1ccccc1.O=C1C(Oc2ccc(OCc3ccccc3)nc2OCc2ccccc2)CCN1c1ccccc1.O=C1CC[C@@H](O[C@H]2CCN(c3ccccc3)C2=O)C(=O)N1.O=C1CC[C@H](O[C@H]2CCN(c3ccccc3)C2=O)C(=O)N1.O=C1NCCC1O.Oc1ccc(OCc2ccccc2)nc1OCc1ccccc1. The van der Waals surface area contributed by atoms with Crippen LogP contribution < -0.4 is 59.2 Å². The van der Waals surface area contributed by atoms with Crippen molar-refractivity contribution in [3.63, 3.8) is 0 Å². The number of halogens is 1. The monoisotopic (exact) mass is 1830 g/mol. The number of nitrogens with zero attached hydrogens (tertiary/aromatic N) is 6. The highest BCUT2D eigenvalue weighted by atomic mass is 127. The lowest BCUT2D eigenvalue weighted by Crippen LogP contribution is -2.47. The number of aliphatic hydroxyl groups is 2. The molecular weight excluding hydrogens is 1730 g/mol. The van der Waals surface area contributed by atoms with Crippen LogP contribution in [0.4, 0.5) is 22.7 Å². The van der Waals surface area contributed by atoms with E-state index in [1.807, 2.05) is 261 Å². The second-order valence-electron chi connectivity index (χ2n) is 29.6.